The first-order chi connectivity index (χ1) is 23.6. The van der Waals surface area contributed by atoms with Gasteiger partial charge in [-0.25, -0.2) is 0 Å². The van der Waals surface area contributed by atoms with E-state index in [2.05, 4.69) is 0 Å². The number of carbonyl (C=O) groups excluding carboxylic acids is 8. The first-order valence-corrected chi connectivity index (χ1v) is 16.0. The van der Waals surface area contributed by atoms with Gasteiger partial charge >= 0.3 is 11.9 Å². The second kappa shape index (κ2) is 15.0. The summed E-state index contributed by atoms with van der Waals surface area (Å²) < 4.78 is 32.0. The molecule has 0 aromatic carbocycles. The van der Waals surface area contributed by atoms with Crippen LogP contribution in [0.5, 0.6) is 0 Å². The van der Waals surface area contributed by atoms with Gasteiger partial charge in [-0.05, 0) is 65.5 Å². The van der Waals surface area contributed by atoms with Gasteiger partial charge in [-0.1, -0.05) is 0 Å². The van der Waals surface area contributed by atoms with Crippen molar-refractivity contribution in [3.8, 4) is 0 Å². The Morgan fingerprint density at radius 2 is 1.04 bits per heavy atom. The Bertz CT molecular complexity index is 1610. The van der Waals surface area contributed by atoms with Crippen molar-refractivity contribution < 1.29 is 66.8 Å². The molecule has 4 unspecified atom stereocenters. The second-order valence-electron chi connectivity index (χ2n) is 12.5. The van der Waals surface area contributed by atoms with Crippen molar-refractivity contribution in [1.82, 2.24) is 0 Å². The molecule has 2 aliphatic heterocycles. The molecule has 2 heterocycles. The number of hydrogen-bond acceptors (Lipinski definition) is 14. The third-order valence-electron chi connectivity index (χ3n) is 8.65. The Kier molecular flexibility index (Phi) is 11.2. The van der Waals surface area contributed by atoms with E-state index in [1.165, 1.54) is 12.2 Å². The number of fused-ring (bicyclic) bond motifs is 2. The molecule has 50 heavy (non-hydrogen) atoms. The zero-order valence-electron chi connectivity index (χ0n) is 28.6. The van der Waals surface area contributed by atoms with E-state index in [1.807, 2.05) is 0 Å². The molecule has 14 heteroatoms. The van der Waals surface area contributed by atoms with E-state index in [4.69, 9.17) is 28.4 Å². The van der Waals surface area contributed by atoms with Crippen LogP contribution < -0.4 is 0 Å². The van der Waals surface area contributed by atoms with Gasteiger partial charge in [0.15, 0.2) is 0 Å². The molecule has 0 aromatic heterocycles. The minimum Gasteiger partial charge on any atom is -0.469 e. The van der Waals surface area contributed by atoms with Gasteiger partial charge in [0, 0.05) is 49.0 Å². The van der Waals surface area contributed by atoms with E-state index in [-0.39, 0.29) is 58.5 Å². The molecule has 0 aromatic rings. The quantitative estimate of drug-likeness (QED) is 0.105. The summed E-state index contributed by atoms with van der Waals surface area (Å²) in [6.07, 6.45) is 6.68. The maximum Gasteiger partial charge on any atom is 0.304 e. The lowest BCUT2D eigenvalue weighted by molar-refractivity contribution is -0.168. The average molecular weight is 695 g/mol. The number of allylic oxidation sites excluding steroid dienone is 6. The summed E-state index contributed by atoms with van der Waals surface area (Å²) in [5.41, 5.74) is -6.00. The van der Waals surface area contributed by atoms with Crippen molar-refractivity contribution in [1.29, 1.82) is 0 Å². The van der Waals surface area contributed by atoms with Gasteiger partial charge in [-0.15, -0.1) is 0 Å². The van der Waals surface area contributed by atoms with Crippen molar-refractivity contribution in [2.75, 3.05) is 0 Å². The monoisotopic (exact) mass is 694 g/mol. The molecule has 0 fully saturated rings. The van der Waals surface area contributed by atoms with Gasteiger partial charge in [0.1, 0.15) is 24.0 Å². The van der Waals surface area contributed by atoms with E-state index in [9.17, 15) is 38.4 Å². The van der Waals surface area contributed by atoms with Crippen molar-refractivity contribution in [3.63, 3.8) is 0 Å². The Morgan fingerprint density at radius 3 is 1.36 bits per heavy atom. The minimum atomic E-state index is -2.43. The summed E-state index contributed by atoms with van der Waals surface area (Å²) in [5.74, 6) is -5.21. The topological polar surface area (TPSA) is 192 Å². The van der Waals surface area contributed by atoms with Crippen LogP contribution in [0.2, 0.25) is 0 Å². The smallest absolute Gasteiger partial charge is 0.304 e. The highest BCUT2D eigenvalue weighted by Crippen LogP contribution is 2.46. The Balaban J connectivity index is 1.96. The lowest BCUT2D eigenvalue weighted by atomic mass is 9.67. The average Bonchev–Trinajstić information content (AvgIpc) is 3.04. The number of rotatable bonds is 15. The molecule has 4 atom stereocenters. The summed E-state index contributed by atoms with van der Waals surface area (Å²) in [5, 5.41) is 0. The van der Waals surface area contributed by atoms with Crippen LogP contribution in [-0.2, 0) is 66.8 Å². The Hall–Kier alpha value is -5.40. The van der Waals surface area contributed by atoms with Gasteiger partial charge in [-0.3, -0.25) is 38.4 Å². The lowest BCUT2D eigenvalue weighted by Crippen LogP contribution is -2.56. The molecular weight excluding hydrogens is 656 g/mol. The summed E-state index contributed by atoms with van der Waals surface area (Å²) in [6.45, 7) is 8.35. The van der Waals surface area contributed by atoms with Crippen LogP contribution in [0.25, 0.3) is 0 Å². The van der Waals surface area contributed by atoms with E-state index in [0.717, 1.165) is 40.2 Å². The first kappa shape index (κ1) is 37.4. The molecule has 4 rings (SSSR count). The van der Waals surface area contributed by atoms with Crippen LogP contribution >= 0.6 is 0 Å². The van der Waals surface area contributed by atoms with E-state index < -0.39 is 46.3 Å². The van der Waals surface area contributed by atoms with Crippen molar-refractivity contribution in [2.24, 2.45) is 0 Å². The summed E-state index contributed by atoms with van der Waals surface area (Å²) >= 11 is 0. The largest absolute Gasteiger partial charge is 0.469 e. The van der Waals surface area contributed by atoms with Gasteiger partial charge in [0.05, 0.1) is 23.4 Å². The summed E-state index contributed by atoms with van der Waals surface area (Å²) in [4.78, 5) is 103. The molecule has 2 aliphatic carbocycles. The van der Waals surface area contributed by atoms with Crippen LogP contribution in [0.3, 0.4) is 0 Å². The normalized spacial score (nSPS) is 24.2. The fraction of sp³-hybridized carbons (Fsp3) is 0.444. The second-order valence-corrected chi connectivity index (χ2v) is 12.5. The third-order valence-corrected chi connectivity index (χ3v) is 8.65. The maximum absolute atomic E-state index is 14.6. The summed E-state index contributed by atoms with van der Waals surface area (Å²) in [6, 6.07) is 0. The van der Waals surface area contributed by atoms with Crippen LogP contribution in [0.1, 0.15) is 80.1 Å². The zero-order valence-corrected chi connectivity index (χ0v) is 28.6. The standard InChI is InChI=1S/C36H38O14/c1-19(47-17-37)9-7-11-23-13-25-27(15-45-23)31(41)35(5,49-21(3)39)33(43)29(25)30-26-14-24(12-8-10-20(2)48-18-38)46-16-28(26)32(42)36(6,34(30)44)50-22(4)40/h13-20H,7-12H2,1-6H3. The fourth-order valence-electron chi connectivity index (χ4n) is 6.12. The highest BCUT2D eigenvalue weighted by molar-refractivity contribution is 6.37. The molecule has 0 amide bonds. The molecule has 14 nitrogen and oxygen atoms in total. The predicted octanol–water partition coefficient (Wildman–Crippen LogP) is 3.59. The van der Waals surface area contributed by atoms with Crippen molar-refractivity contribution in [3.05, 3.63) is 69.6 Å². The SMILES string of the molecule is CC(=O)OC1(C)C(=O)C2=COC(CCCC(C)OC=O)=CC2=C(C2=C3C=C(CCCC(C)OC=O)OC=C3C(=O)C(C)(OC(C)=O)C2=O)C1=O. The Morgan fingerprint density at radius 1 is 0.680 bits per heavy atom. The minimum absolute atomic E-state index is 0.0286. The van der Waals surface area contributed by atoms with E-state index >= 15 is 0 Å². The third kappa shape index (κ3) is 7.28. The predicted molar refractivity (Wildman–Crippen MR) is 170 cm³/mol. The molecule has 4 aliphatic rings. The Labute approximate surface area is 287 Å². The molecular formula is C36H38O14. The molecule has 0 bridgehead atoms. The number of ether oxygens (including phenoxy) is 6. The fourth-order valence-corrected chi connectivity index (χ4v) is 6.12. The number of Topliss-reactive ketones (excluding diaryl/α,β-unsaturated/α-hetero) is 4. The maximum atomic E-state index is 14.6. The van der Waals surface area contributed by atoms with Crippen molar-refractivity contribution >= 4 is 48.0 Å². The zero-order chi connectivity index (χ0) is 37.0. The van der Waals surface area contributed by atoms with Crippen LogP contribution in [0.15, 0.2) is 69.6 Å². The van der Waals surface area contributed by atoms with Crippen molar-refractivity contribution in [2.45, 2.75) is 103 Å². The van der Waals surface area contributed by atoms with Gasteiger partial charge in [0.2, 0.25) is 34.3 Å². The van der Waals surface area contributed by atoms with Gasteiger partial charge in [0.25, 0.3) is 12.9 Å². The van der Waals surface area contributed by atoms with Gasteiger partial charge in [-0.2, -0.15) is 0 Å². The molecule has 0 spiro atoms. The summed E-state index contributed by atoms with van der Waals surface area (Å²) in [7, 11) is 0. The van der Waals surface area contributed by atoms with E-state index in [0.29, 0.717) is 50.1 Å². The van der Waals surface area contributed by atoms with Gasteiger partial charge < -0.3 is 28.4 Å². The van der Waals surface area contributed by atoms with Crippen LogP contribution in [0, 0.1) is 0 Å². The van der Waals surface area contributed by atoms with Crippen LogP contribution in [0.4, 0.5) is 0 Å². The van der Waals surface area contributed by atoms with Crippen LogP contribution in [-0.4, -0.2) is 71.4 Å². The molecule has 0 saturated heterocycles. The lowest BCUT2D eigenvalue weighted by Gasteiger charge is -2.39. The molecule has 0 N–H and O–H groups in total. The number of carbonyl (C=O) groups is 8. The molecule has 0 radical (unpaired) electrons. The number of esters is 2. The van der Waals surface area contributed by atoms with E-state index in [1.54, 1.807) is 13.8 Å². The molecule has 0 saturated carbocycles. The number of ketones is 4. The highest BCUT2D eigenvalue weighted by Gasteiger charge is 2.59. The number of hydrogen-bond donors (Lipinski definition) is 0. The molecule has 266 valence electrons. The highest BCUT2D eigenvalue weighted by atomic mass is 16.6. The first-order valence-electron chi connectivity index (χ1n) is 16.0.